The third-order valence-electron chi connectivity index (χ3n) is 3.00. The highest BCUT2D eigenvalue weighted by molar-refractivity contribution is 7.92. The predicted molar refractivity (Wildman–Crippen MR) is 81.2 cm³/mol. The van der Waals surface area contributed by atoms with Crippen molar-refractivity contribution in [2.24, 2.45) is 0 Å². The van der Waals surface area contributed by atoms with E-state index in [1.165, 1.54) is 12.1 Å². The molecule has 0 amide bonds. The molecule has 0 bridgehead atoms. The van der Waals surface area contributed by atoms with Gasteiger partial charge in [-0.1, -0.05) is 17.7 Å². The molecular weight excluding hydrogens is 291 g/mol. The number of aryl methyl sites for hydroxylation is 1. The zero-order chi connectivity index (χ0) is 15.5. The zero-order valence-electron chi connectivity index (χ0n) is 11.9. The summed E-state index contributed by atoms with van der Waals surface area (Å²) >= 11 is 0. The molecule has 0 saturated heterocycles. The van der Waals surface area contributed by atoms with Gasteiger partial charge in [-0.3, -0.25) is 4.72 Å². The minimum absolute atomic E-state index is 0.0368. The molecule has 4 nitrogen and oxygen atoms in total. The van der Waals surface area contributed by atoms with E-state index in [1.54, 1.807) is 19.2 Å². The van der Waals surface area contributed by atoms with E-state index in [-0.39, 0.29) is 11.4 Å². The Hall–Kier alpha value is -1.92. The molecule has 2 aromatic carbocycles. The number of anilines is 1. The number of hydrogen-bond donors (Lipinski definition) is 2. The largest absolute Gasteiger partial charge is 0.316 e. The van der Waals surface area contributed by atoms with Crippen LogP contribution in [0.3, 0.4) is 0 Å². The first-order valence-corrected chi connectivity index (χ1v) is 7.93. The highest BCUT2D eigenvalue weighted by Gasteiger charge is 2.16. The molecule has 21 heavy (non-hydrogen) atoms. The summed E-state index contributed by atoms with van der Waals surface area (Å²) in [5.74, 6) is -0.432. The highest BCUT2D eigenvalue weighted by atomic mass is 32.2. The summed E-state index contributed by atoms with van der Waals surface area (Å²) in [4.78, 5) is 0.0368. The van der Waals surface area contributed by atoms with Gasteiger partial charge in [0, 0.05) is 17.8 Å². The van der Waals surface area contributed by atoms with Gasteiger partial charge in [-0.2, -0.15) is 0 Å². The van der Waals surface area contributed by atoms with E-state index in [2.05, 4.69) is 10.0 Å². The van der Waals surface area contributed by atoms with Crippen LogP contribution in [0.25, 0.3) is 0 Å². The molecule has 2 N–H and O–H groups in total. The van der Waals surface area contributed by atoms with E-state index < -0.39 is 15.8 Å². The van der Waals surface area contributed by atoms with Crippen molar-refractivity contribution < 1.29 is 12.8 Å². The second-order valence-corrected chi connectivity index (χ2v) is 6.44. The molecule has 0 atom stereocenters. The Balaban J connectivity index is 2.31. The monoisotopic (exact) mass is 308 g/mol. The third kappa shape index (κ3) is 3.80. The van der Waals surface area contributed by atoms with Crippen LogP contribution in [-0.2, 0) is 16.6 Å². The minimum Gasteiger partial charge on any atom is -0.316 e. The molecule has 6 heteroatoms. The lowest BCUT2D eigenvalue weighted by Crippen LogP contribution is -2.14. The SMILES string of the molecule is CNCc1cc(S(=O)(=O)Nc2ccc(C)cc2)ccc1F. The van der Waals surface area contributed by atoms with Crippen LogP contribution >= 0.6 is 0 Å². The first kappa shape index (κ1) is 15.5. The molecule has 0 heterocycles. The Bertz CT molecular complexity index is 728. The molecule has 0 aromatic heterocycles. The lowest BCUT2D eigenvalue weighted by Gasteiger charge is -2.10. The summed E-state index contributed by atoms with van der Waals surface area (Å²) in [7, 11) is -2.06. The third-order valence-corrected chi connectivity index (χ3v) is 4.38. The van der Waals surface area contributed by atoms with Crippen molar-refractivity contribution >= 4 is 15.7 Å². The molecule has 2 rings (SSSR count). The lowest BCUT2D eigenvalue weighted by atomic mass is 10.2. The van der Waals surface area contributed by atoms with Gasteiger partial charge in [0.1, 0.15) is 5.82 Å². The van der Waals surface area contributed by atoms with Gasteiger partial charge in [-0.15, -0.1) is 0 Å². The summed E-state index contributed by atoms with van der Waals surface area (Å²) in [6, 6.07) is 10.8. The molecule has 0 aliphatic heterocycles. The van der Waals surface area contributed by atoms with Crippen molar-refractivity contribution in [3.63, 3.8) is 0 Å². The Morgan fingerprint density at radius 1 is 1.10 bits per heavy atom. The maximum absolute atomic E-state index is 13.6. The first-order chi connectivity index (χ1) is 9.92. The van der Waals surface area contributed by atoms with Crippen molar-refractivity contribution in [1.82, 2.24) is 5.32 Å². The molecule has 0 spiro atoms. The molecule has 0 fully saturated rings. The van der Waals surface area contributed by atoms with Crippen LogP contribution < -0.4 is 10.0 Å². The van der Waals surface area contributed by atoms with Crippen LogP contribution in [0.2, 0.25) is 0 Å². The molecule has 0 unspecified atom stereocenters. The normalized spacial score (nSPS) is 11.4. The van der Waals surface area contributed by atoms with Crippen molar-refractivity contribution in [2.75, 3.05) is 11.8 Å². The van der Waals surface area contributed by atoms with Crippen LogP contribution in [0.5, 0.6) is 0 Å². The summed E-state index contributed by atoms with van der Waals surface area (Å²) in [5, 5.41) is 2.80. The van der Waals surface area contributed by atoms with E-state index in [1.807, 2.05) is 19.1 Å². The molecule has 2 aromatic rings. The molecule has 0 aliphatic rings. The second kappa shape index (κ2) is 6.24. The van der Waals surface area contributed by atoms with Crippen LogP contribution in [0, 0.1) is 12.7 Å². The number of hydrogen-bond acceptors (Lipinski definition) is 3. The first-order valence-electron chi connectivity index (χ1n) is 6.45. The number of benzene rings is 2. The van der Waals surface area contributed by atoms with Gasteiger partial charge in [0.15, 0.2) is 0 Å². The van der Waals surface area contributed by atoms with Crippen molar-refractivity contribution in [1.29, 1.82) is 0 Å². The minimum atomic E-state index is -3.73. The Morgan fingerprint density at radius 2 is 1.76 bits per heavy atom. The van der Waals surface area contributed by atoms with Crippen LogP contribution in [0.4, 0.5) is 10.1 Å². The number of rotatable bonds is 5. The van der Waals surface area contributed by atoms with Crippen LogP contribution in [-0.4, -0.2) is 15.5 Å². The van der Waals surface area contributed by atoms with E-state index in [9.17, 15) is 12.8 Å². The lowest BCUT2D eigenvalue weighted by molar-refractivity contribution is 0.592. The highest BCUT2D eigenvalue weighted by Crippen LogP contribution is 2.19. The second-order valence-electron chi connectivity index (χ2n) is 4.76. The summed E-state index contributed by atoms with van der Waals surface area (Å²) < 4.78 is 40.6. The van der Waals surface area contributed by atoms with Crippen molar-refractivity contribution in [2.45, 2.75) is 18.4 Å². The fourth-order valence-corrected chi connectivity index (χ4v) is 2.99. The van der Waals surface area contributed by atoms with E-state index in [0.717, 1.165) is 11.6 Å². The van der Waals surface area contributed by atoms with Gasteiger partial charge in [0.25, 0.3) is 10.0 Å². The number of halogens is 1. The van der Waals surface area contributed by atoms with Gasteiger partial charge >= 0.3 is 0 Å². The van der Waals surface area contributed by atoms with E-state index in [4.69, 9.17) is 0 Å². The average Bonchev–Trinajstić information content (AvgIpc) is 2.43. The maximum atomic E-state index is 13.6. The summed E-state index contributed by atoms with van der Waals surface area (Å²) in [6.45, 7) is 2.18. The van der Waals surface area contributed by atoms with Gasteiger partial charge in [-0.25, -0.2) is 12.8 Å². The quantitative estimate of drug-likeness (QED) is 0.893. The van der Waals surface area contributed by atoms with E-state index in [0.29, 0.717) is 11.3 Å². The fourth-order valence-electron chi connectivity index (χ4n) is 1.88. The topological polar surface area (TPSA) is 58.2 Å². The standard InChI is InChI=1S/C15H17FN2O2S/c1-11-3-5-13(6-4-11)18-21(19,20)14-7-8-15(16)12(9-14)10-17-2/h3-9,17-18H,10H2,1-2H3. The molecular formula is C15H17FN2O2S. The fraction of sp³-hybridized carbons (Fsp3) is 0.200. The van der Waals surface area contributed by atoms with Gasteiger partial charge in [0.2, 0.25) is 0 Å². The molecule has 0 saturated carbocycles. The van der Waals surface area contributed by atoms with Crippen molar-refractivity contribution in [3.8, 4) is 0 Å². The summed E-state index contributed by atoms with van der Waals surface area (Å²) in [5.41, 5.74) is 1.82. The smallest absolute Gasteiger partial charge is 0.261 e. The van der Waals surface area contributed by atoms with Crippen LogP contribution in [0.1, 0.15) is 11.1 Å². The summed E-state index contributed by atoms with van der Waals surface area (Å²) in [6.07, 6.45) is 0. The molecule has 0 aliphatic carbocycles. The van der Waals surface area contributed by atoms with Gasteiger partial charge in [-0.05, 0) is 44.3 Å². The van der Waals surface area contributed by atoms with E-state index >= 15 is 0 Å². The molecule has 0 radical (unpaired) electrons. The number of nitrogens with one attached hydrogen (secondary N) is 2. The Kier molecular flexibility index (Phi) is 4.59. The Morgan fingerprint density at radius 3 is 2.38 bits per heavy atom. The van der Waals surface area contributed by atoms with Gasteiger partial charge in [0.05, 0.1) is 4.90 Å². The Labute approximate surface area is 124 Å². The maximum Gasteiger partial charge on any atom is 0.261 e. The molecule has 112 valence electrons. The van der Waals surface area contributed by atoms with Crippen LogP contribution in [0.15, 0.2) is 47.4 Å². The number of sulfonamides is 1. The predicted octanol–water partition coefficient (Wildman–Crippen LogP) is 2.65. The van der Waals surface area contributed by atoms with Crippen molar-refractivity contribution in [3.05, 3.63) is 59.4 Å². The zero-order valence-corrected chi connectivity index (χ0v) is 12.7. The average molecular weight is 308 g/mol. The van der Waals surface area contributed by atoms with Gasteiger partial charge < -0.3 is 5.32 Å².